The number of nitrogens with two attached hydrogens (primary N) is 2. The molecule has 4 N–H and O–H groups in total. The minimum absolute atomic E-state index is 0.0462. The highest BCUT2D eigenvalue weighted by molar-refractivity contribution is 6.30. The van der Waals surface area contributed by atoms with E-state index in [1.165, 1.54) is 23.3 Å². The Morgan fingerprint density at radius 1 is 1.34 bits per heavy atom. The lowest BCUT2D eigenvalue weighted by molar-refractivity contribution is -0.153. The van der Waals surface area contributed by atoms with Gasteiger partial charge in [0.05, 0.1) is 24.3 Å². The molecule has 0 saturated carbocycles. The van der Waals surface area contributed by atoms with Crippen LogP contribution >= 0.6 is 11.6 Å². The van der Waals surface area contributed by atoms with E-state index >= 15 is 0 Å². The van der Waals surface area contributed by atoms with Crippen LogP contribution in [0.4, 0.5) is 0 Å². The van der Waals surface area contributed by atoms with Crippen LogP contribution in [0.25, 0.3) is 0 Å². The van der Waals surface area contributed by atoms with Crippen molar-refractivity contribution in [1.29, 1.82) is 5.26 Å². The molecule has 4 atom stereocenters. The Labute approximate surface area is 172 Å². The van der Waals surface area contributed by atoms with Crippen LogP contribution in [0, 0.1) is 16.7 Å². The van der Waals surface area contributed by atoms with Gasteiger partial charge in [-0.05, 0) is 30.7 Å². The summed E-state index contributed by atoms with van der Waals surface area (Å²) < 4.78 is 5.23. The predicted octanol–water partition coefficient (Wildman–Crippen LogP) is 0.974. The van der Waals surface area contributed by atoms with Crippen LogP contribution in [0.5, 0.6) is 0 Å². The number of hydrogen-bond donors (Lipinski definition) is 2. The van der Waals surface area contributed by atoms with Crippen molar-refractivity contribution in [1.82, 2.24) is 4.90 Å². The lowest BCUT2D eigenvalue weighted by atomic mass is 9.68. The molecule has 0 bridgehead atoms. The number of ether oxygens (including phenoxy) is 1. The van der Waals surface area contributed by atoms with E-state index < -0.39 is 41.2 Å². The minimum atomic E-state index is -1.80. The van der Waals surface area contributed by atoms with Crippen molar-refractivity contribution in [2.45, 2.75) is 24.9 Å². The second-order valence-corrected chi connectivity index (χ2v) is 7.22. The molecule has 2 aliphatic rings. The molecule has 0 unspecified atom stereocenters. The second kappa shape index (κ2) is 7.60. The number of rotatable bonds is 5. The monoisotopic (exact) mass is 414 g/mol. The van der Waals surface area contributed by atoms with Gasteiger partial charge in [0, 0.05) is 17.1 Å². The fraction of sp³-hybridized carbons (Fsp3) is 0.300. The molecule has 0 aliphatic carbocycles. The van der Waals surface area contributed by atoms with Crippen LogP contribution < -0.4 is 11.5 Å². The second-order valence-electron chi connectivity index (χ2n) is 6.78. The summed E-state index contributed by atoms with van der Waals surface area (Å²) >= 11 is 6.13. The van der Waals surface area contributed by atoms with Gasteiger partial charge < -0.3 is 21.1 Å². The van der Waals surface area contributed by atoms with Crippen LogP contribution in [-0.2, 0) is 19.1 Å². The molecular weight excluding hydrogens is 396 g/mol. The number of hydrogen-bond acceptors (Lipinski definition) is 6. The summed E-state index contributed by atoms with van der Waals surface area (Å²) in [6.07, 6.45) is 4.28. The van der Waals surface area contributed by atoms with Gasteiger partial charge in [-0.3, -0.25) is 14.4 Å². The SMILES string of the molecule is CCOC(=O)[C@@]1(C#N)[C@@H](c2cccc(Cl)c2)[C@@H](C(N)=O)N2C=C(C(N)=O)C=C[C@@H]21. The van der Waals surface area contributed by atoms with Gasteiger partial charge >= 0.3 is 5.97 Å². The number of carbonyl (C=O) groups excluding carboxylic acids is 3. The van der Waals surface area contributed by atoms with Gasteiger partial charge in [-0.1, -0.05) is 29.8 Å². The first-order valence-electron chi connectivity index (χ1n) is 8.88. The van der Waals surface area contributed by atoms with E-state index in [9.17, 15) is 19.6 Å². The Hall–Kier alpha value is -3.31. The molecule has 0 aromatic heterocycles. The quantitative estimate of drug-likeness (QED) is 0.688. The summed E-state index contributed by atoms with van der Waals surface area (Å²) in [5.74, 6) is -3.25. The highest BCUT2D eigenvalue weighted by Crippen LogP contribution is 2.53. The Morgan fingerprint density at radius 3 is 2.62 bits per heavy atom. The first kappa shape index (κ1) is 20.4. The first-order valence-corrected chi connectivity index (χ1v) is 9.26. The van der Waals surface area contributed by atoms with Crippen molar-refractivity contribution in [3.8, 4) is 6.07 Å². The number of primary amides is 2. The number of fused-ring (bicyclic) bond motifs is 1. The molecule has 29 heavy (non-hydrogen) atoms. The molecule has 1 saturated heterocycles. The van der Waals surface area contributed by atoms with E-state index in [1.807, 2.05) is 0 Å². The van der Waals surface area contributed by atoms with Crippen molar-refractivity contribution in [2.24, 2.45) is 16.9 Å². The summed E-state index contributed by atoms with van der Waals surface area (Å²) in [6.45, 7) is 1.67. The zero-order chi connectivity index (χ0) is 21.3. The normalized spacial score (nSPS) is 27.6. The number of carbonyl (C=O) groups is 3. The smallest absolute Gasteiger partial charge is 0.329 e. The average molecular weight is 415 g/mol. The maximum absolute atomic E-state index is 13.1. The third kappa shape index (κ3) is 3.13. The van der Waals surface area contributed by atoms with Gasteiger partial charge in [0.15, 0.2) is 5.41 Å². The Kier molecular flexibility index (Phi) is 5.36. The van der Waals surface area contributed by atoms with E-state index in [-0.39, 0.29) is 12.2 Å². The molecule has 2 heterocycles. The molecule has 1 aromatic rings. The largest absolute Gasteiger partial charge is 0.465 e. The fourth-order valence-electron chi connectivity index (χ4n) is 4.11. The van der Waals surface area contributed by atoms with Gasteiger partial charge in [0.1, 0.15) is 6.04 Å². The summed E-state index contributed by atoms with van der Waals surface area (Å²) in [7, 11) is 0. The molecule has 3 rings (SSSR count). The van der Waals surface area contributed by atoms with Crippen LogP contribution in [0.1, 0.15) is 18.4 Å². The van der Waals surface area contributed by atoms with Gasteiger partial charge in [-0.2, -0.15) is 5.26 Å². The molecule has 2 amide bonds. The van der Waals surface area contributed by atoms with Crippen molar-refractivity contribution in [3.63, 3.8) is 0 Å². The standard InChI is InChI=1S/C20H19ClN4O4/c1-2-29-19(28)20(10-22)14-7-6-12(17(23)26)9-25(14)16(18(24)27)15(20)11-4-3-5-13(21)8-11/h3-9,14-16H,2H2,1H3,(H2,23,26)(H2,24,27)/t14-,15+,16+,20-/m1/s1. The number of nitrogens with zero attached hydrogens (tertiary/aromatic N) is 2. The summed E-state index contributed by atoms with van der Waals surface area (Å²) in [6, 6.07) is 6.62. The van der Waals surface area contributed by atoms with E-state index in [2.05, 4.69) is 6.07 Å². The maximum atomic E-state index is 13.1. The molecule has 0 radical (unpaired) electrons. The van der Waals surface area contributed by atoms with Crippen molar-refractivity contribution in [3.05, 3.63) is 58.8 Å². The lowest BCUT2D eigenvalue weighted by Crippen LogP contribution is -2.45. The number of esters is 1. The zero-order valence-electron chi connectivity index (χ0n) is 15.5. The molecule has 2 aliphatic heterocycles. The highest BCUT2D eigenvalue weighted by atomic mass is 35.5. The van der Waals surface area contributed by atoms with Crippen molar-refractivity contribution < 1.29 is 19.1 Å². The molecule has 8 nitrogen and oxygen atoms in total. The zero-order valence-corrected chi connectivity index (χ0v) is 16.3. The molecule has 0 spiro atoms. The first-order chi connectivity index (χ1) is 13.8. The summed E-state index contributed by atoms with van der Waals surface area (Å²) in [5, 5.41) is 10.6. The third-order valence-electron chi connectivity index (χ3n) is 5.24. The molecular formula is C20H19ClN4O4. The van der Waals surface area contributed by atoms with Gasteiger partial charge in [-0.25, -0.2) is 0 Å². The van der Waals surface area contributed by atoms with Gasteiger partial charge in [0.2, 0.25) is 11.8 Å². The summed E-state index contributed by atoms with van der Waals surface area (Å²) in [4.78, 5) is 38.7. The van der Waals surface area contributed by atoms with E-state index in [0.717, 1.165) is 0 Å². The third-order valence-corrected chi connectivity index (χ3v) is 5.48. The van der Waals surface area contributed by atoms with Crippen LogP contribution in [0.3, 0.4) is 0 Å². The Balaban J connectivity index is 2.30. The van der Waals surface area contributed by atoms with Crippen molar-refractivity contribution in [2.75, 3.05) is 6.61 Å². The molecule has 1 fully saturated rings. The van der Waals surface area contributed by atoms with Crippen molar-refractivity contribution >= 4 is 29.4 Å². The predicted molar refractivity (Wildman–Crippen MR) is 104 cm³/mol. The number of amides is 2. The van der Waals surface area contributed by atoms with Crippen LogP contribution in [0.2, 0.25) is 5.02 Å². The molecule has 9 heteroatoms. The molecule has 150 valence electrons. The molecule has 1 aromatic carbocycles. The number of benzene rings is 1. The van der Waals surface area contributed by atoms with E-state index in [0.29, 0.717) is 10.6 Å². The lowest BCUT2D eigenvalue weighted by Gasteiger charge is -2.32. The van der Waals surface area contributed by atoms with Gasteiger partial charge in [-0.15, -0.1) is 0 Å². The Bertz CT molecular complexity index is 983. The van der Waals surface area contributed by atoms with E-state index in [4.69, 9.17) is 27.8 Å². The van der Waals surface area contributed by atoms with Gasteiger partial charge in [0.25, 0.3) is 0 Å². The Morgan fingerprint density at radius 2 is 2.07 bits per heavy atom. The highest BCUT2D eigenvalue weighted by Gasteiger charge is 2.66. The number of halogens is 1. The van der Waals surface area contributed by atoms with Crippen LogP contribution in [-0.4, -0.2) is 41.4 Å². The van der Waals surface area contributed by atoms with E-state index in [1.54, 1.807) is 31.2 Å². The number of nitriles is 1. The average Bonchev–Trinajstić information content (AvgIpc) is 2.99. The van der Waals surface area contributed by atoms with Crippen LogP contribution in [0.15, 0.2) is 48.2 Å². The topological polar surface area (TPSA) is 140 Å². The fourth-order valence-corrected chi connectivity index (χ4v) is 4.30. The minimum Gasteiger partial charge on any atom is -0.465 e. The summed E-state index contributed by atoms with van der Waals surface area (Å²) in [5.41, 5.74) is 9.87. The maximum Gasteiger partial charge on any atom is 0.329 e.